The Kier molecular flexibility index (Phi) is 7.71. The van der Waals surface area contributed by atoms with Gasteiger partial charge in [0.15, 0.2) is 0 Å². The van der Waals surface area contributed by atoms with Crippen LogP contribution in [0, 0.1) is 33.5 Å². The summed E-state index contributed by atoms with van der Waals surface area (Å²) in [6, 6.07) is 13.8. The molecule has 41 heavy (non-hydrogen) atoms. The highest BCUT2D eigenvalue weighted by Gasteiger charge is 2.59. The first-order valence-electron chi connectivity index (χ1n) is 14.0. The van der Waals surface area contributed by atoms with Gasteiger partial charge < -0.3 is 25.6 Å². The van der Waals surface area contributed by atoms with Crippen molar-refractivity contribution in [3.63, 3.8) is 0 Å². The van der Waals surface area contributed by atoms with Crippen molar-refractivity contribution in [2.45, 2.75) is 67.2 Å². The molecule has 2 aromatic carbocycles. The molecule has 2 aromatic rings. The molecule has 2 saturated carbocycles. The van der Waals surface area contributed by atoms with Crippen molar-refractivity contribution in [1.82, 2.24) is 0 Å². The summed E-state index contributed by atoms with van der Waals surface area (Å²) < 4.78 is 5.92. The molecule has 0 bridgehead atoms. The molecule has 0 saturated heterocycles. The average Bonchev–Trinajstić information content (AvgIpc) is 3.30. The Hall–Kier alpha value is -3.88. The van der Waals surface area contributed by atoms with Crippen LogP contribution in [-0.2, 0) is 19.2 Å². The number of rotatable bonds is 8. The van der Waals surface area contributed by atoms with Crippen LogP contribution in [0.25, 0.3) is 0 Å². The Morgan fingerprint density at radius 2 is 0.951 bits per heavy atom. The summed E-state index contributed by atoms with van der Waals surface area (Å²) in [6.07, 6.45) is 1.93. The van der Waals surface area contributed by atoms with E-state index in [2.05, 4.69) is 10.6 Å². The number of amides is 2. The molecular formula is C32H40N2O7. The second-order valence-electron chi connectivity index (χ2n) is 13.0. The molecule has 0 heterocycles. The number of nitrogens with one attached hydrogen (secondary N) is 2. The molecule has 2 amide bonds. The number of hydrogen-bond donors (Lipinski definition) is 4. The minimum Gasteiger partial charge on any atom is -0.481 e. The zero-order chi connectivity index (χ0) is 30.4. The molecular weight excluding hydrogens is 524 g/mol. The van der Waals surface area contributed by atoms with E-state index in [9.17, 15) is 29.4 Å². The van der Waals surface area contributed by atoms with Gasteiger partial charge in [0.25, 0.3) is 0 Å². The van der Waals surface area contributed by atoms with Gasteiger partial charge in [-0.2, -0.15) is 0 Å². The van der Waals surface area contributed by atoms with Gasteiger partial charge >= 0.3 is 11.9 Å². The normalized spacial score (nSPS) is 28.0. The smallest absolute Gasteiger partial charge is 0.309 e. The number of hydrogen-bond acceptors (Lipinski definition) is 5. The number of ether oxygens (including phenoxy) is 1. The average molecular weight is 565 g/mol. The zero-order valence-corrected chi connectivity index (χ0v) is 24.5. The summed E-state index contributed by atoms with van der Waals surface area (Å²) in [6.45, 7) is 10.8. The lowest BCUT2D eigenvalue weighted by atomic mass is 9.65. The van der Waals surface area contributed by atoms with Crippen LogP contribution in [0.15, 0.2) is 48.5 Å². The number of carbonyl (C=O) groups excluding carboxylic acids is 2. The van der Waals surface area contributed by atoms with Crippen LogP contribution in [0.2, 0.25) is 0 Å². The van der Waals surface area contributed by atoms with Crippen LogP contribution in [0.5, 0.6) is 11.5 Å². The van der Waals surface area contributed by atoms with Crippen molar-refractivity contribution < 1.29 is 34.1 Å². The number of carbonyl (C=O) groups is 4. The highest BCUT2D eigenvalue weighted by Crippen LogP contribution is 2.57. The van der Waals surface area contributed by atoms with Gasteiger partial charge in [0.2, 0.25) is 11.8 Å². The monoisotopic (exact) mass is 564 g/mol. The molecule has 0 unspecified atom stereocenters. The molecule has 2 aliphatic rings. The number of anilines is 2. The van der Waals surface area contributed by atoms with Crippen molar-refractivity contribution in [3.05, 3.63) is 48.5 Å². The maximum absolute atomic E-state index is 13.0. The summed E-state index contributed by atoms with van der Waals surface area (Å²) >= 11 is 0. The standard InChI is InChI=1S/C32H40N2O7/c1-29(2)23(15-17-31(29,5)27(37)38)25(35)33-19-7-11-21(12-8-19)41-22-13-9-20(10-14-22)34-26(36)24-16-18-32(6,28(39)40)30(24,3)4/h7-14,23-24H,15-18H2,1-6H3,(H,33,35)(H,34,36)(H,37,38)(H,39,40)/t23-,24-,31-,32-/m1/s1. The second kappa shape index (κ2) is 10.5. The Balaban J connectivity index is 1.33. The van der Waals surface area contributed by atoms with E-state index in [0.717, 1.165) is 0 Å². The van der Waals surface area contributed by atoms with Gasteiger partial charge in [0.1, 0.15) is 11.5 Å². The highest BCUT2D eigenvalue weighted by molar-refractivity contribution is 5.95. The minimum atomic E-state index is -0.958. The third-order valence-corrected chi connectivity index (χ3v) is 10.5. The van der Waals surface area contributed by atoms with Crippen LogP contribution < -0.4 is 15.4 Å². The third kappa shape index (κ3) is 5.18. The van der Waals surface area contributed by atoms with Crippen LogP contribution in [0.3, 0.4) is 0 Å². The quantitative estimate of drug-likeness (QED) is 0.290. The first-order valence-corrected chi connectivity index (χ1v) is 14.0. The molecule has 0 aliphatic heterocycles. The predicted octanol–water partition coefficient (Wildman–Crippen LogP) is 6.41. The maximum Gasteiger partial charge on any atom is 0.309 e. The maximum atomic E-state index is 13.0. The van der Waals surface area contributed by atoms with Crippen molar-refractivity contribution in [2.24, 2.45) is 33.5 Å². The fourth-order valence-electron chi connectivity index (χ4n) is 6.49. The van der Waals surface area contributed by atoms with E-state index in [1.54, 1.807) is 62.4 Å². The molecule has 9 heteroatoms. The van der Waals surface area contributed by atoms with Gasteiger partial charge in [0.05, 0.1) is 10.8 Å². The van der Waals surface area contributed by atoms with Crippen molar-refractivity contribution >= 4 is 35.1 Å². The highest BCUT2D eigenvalue weighted by atomic mass is 16.5. The van der Waals surface area contributed by atoms with Gasteiger partial charge in [-0.05, 0) is 98.9 Å². The Labute approximate surface area is 240 Å². The first kappa shape index (κ1) is 30.1. The van der Waals surface area contributed by atoms with E-state index >= 15 is 0 Å². The molecule has 9 nitrogen and oxygen atoms in total. The van der Waals surface area contributed by atoms with Gasteiger partial charge in [-0.25, -0.2) is 0 Å². The van der Waals surface area contributed by atoms with Crippen molar-refractivity contribution in [2.75, 3.05) is 10.6 Å². The number of carboxylic acids is 2. The fraction of sp³-hybridized carbons (Fsp3) is 0.500. The lowest BCUT2D eigenvalue weighted by molar-refractivity contribution is -0.156. The van der Waals surface area contributed by atoms with Gasteiger partial charge in [0, 0.05) is 23.2 Å². The van der Waals surface area contributed by atoms with Crippen molar-refractivity contribution in [3.8, 4) is 11.5 Å². The SMILES string of the molecule is CC1(C)[C@@H](C(=O)Nc2ccc(Oc3ccc(NC(=O)[C@H]4CC[C@](C)(C(=O)O)C4(C)C)cc3)cc2)CC[C@]1(C)C(=O)O. The molecule has 4 rings (SSSR count). The summed E-state index contributed by atoms with van der Waals surface area (Å²) in [4.78, 5) is 49.7. The molecule has 0 spiro atoms. The molecule has 220 valence electrons. The van der Waals surface area contributed by atoms with Gasteiger partial charge in [-0.1, -0.05) is 27.7 Å². The number of benzene rings is 2. The van der Waals surface area contributed by atoms with E-state index in [0.29, 0.717) is 48.6 Å². The molecule has 2 fully saturated rings. The van der Waals surface area contributed by atoms with Crippen LogP contribution in [0.1, 0.15) is 67.2 Å². The zero-order valence-electron chi connectivity index (χ0n) is 24.5. The van der Waals surface area contributed by atoms with Crippen LogP contribution in [0.4, 0.5) is 11.4 Å². The lowest BCUT2D eigenvalue weighted by Gasteiger charge is -2.37. The predicted molar refractivity (Wildman–Crippen MR) is 155 cm³/mol. The van der Waals surface area contributed by atoms with E-state index in [4.69, 9.17) is 4.74 Å². The minimum absolute atomic E-state index is 0.195. The molecule has 4 N–H and O–H groups in total. The summed E-state index contributed by atoms with van der Waals surface area (Å²) in [5.74, 6) is -1.87. The van der Waals surface area contributed by atoms with Crippen LogP contribution in [-0.4, -0.2) is 34.0 Å². The van der Waals surface area contributed by atoms with E-state index in [1.807, 2.05) is 27.7 Å². The molecule has 0 aromatic heterocycles. The second-order valence-corrected chi connectivity index (χ2v) is 13.0. The summed E-state index contributed by atoms with van der Waals surface area (Å²) in [7, 11) is 0. The van der Waals surface area contributed by atoms with E-state index < -0.39 is 45.4 Å². The Morgan fingerprint density at radius 1 is 0.634 bits per heavy atom. The molecule has 2 aliphatic carbocycles. The summed E-state index contributed by atoms with van der Waals surface area (Å²) in [5.41, 5.74) is -2.11. The van der Waals surface area contributed by atoms with Crippen LogP contribution >= 0.6 is 0 Å². The molecule has 0 radical (unpaired) electrons. The van der Waals surface area contributed by atoms with Gasteiger partial charge in [-0.15, -0.1) is 0 Å². The first-order chi connectivity index (χ1) is 19.0. The Bertz CT molecular complexity index is 1250. The largest absolute Gasteiger partial charge is 0.481 e. The Morgan fingerprint density at radius 3 is 1.22 bits per heavy atom. The van der Waals surface area contributed by atoms with Crippen molar-refractivity contribution in [1.29, 1.82) is 0 Å². The third-order valence-electron chi connectivity index (χ3n) is 10.5. The van der Waals surface area contributed by atoms with E-state index in [-0.39, 0.29) is 11.8 Å². The lowest BCUT2D eigenvalue weighted by Crippen LogP contribution is -2.43. The fourth-order valence-corrected chi connectivity index (χ4v) is 6.49. The summed E-state index contributed by atoms with van der Waals surface area (Å²) in [5, 5.41) is 25.3. The number of carboxylic acid groups (broad SMARTS) is 2. The number of aliphatic carboxylic acids is 2. The molecule has 4 atom stereocenters. The van der Waals surface area contributed by atoms with Gasteiger partial charge in [-0.3, -0.25) is 19.2 Å². The van der Waals surface area contributed by atoms with E-state index in [1.165, 1.54) is 0 Å². The topological polar surface area (TPSA) is 142 Å².